The van der Waals surface area contributed by atoms with Gasteiger partial charge >= 0.3 is 0 Å². The summed E-state index contributed by atoms with van der Waals surface area (Å²) in [6, 6.07) is 18.8. The van der Waals surface area contributed by atoms with Crippen LogP contribution in [0.2, 0.25) is 0 Å². The van der Waals surface area contributed by atoms with Crippen LogP contribution in [0.25, 0.3) is 16.8 Å². The maximum atomic E-state index is 13.6. The van der Waals surface area contributed by atoms with E-state index in [9.17, 15) is 10.1 Å². The molecule has 3 aromatic rings. The normalized spacial score (nSPS) is 11.5. The maximum Gasteiger partial charge on any atom is 0.263 e. The Labute approximate surface area is 182 Å². The zero-order valence-electron chi connectivity index (χ0n) is 18.2. The first kappa shape index (κ1) is 21.7. The average molecular weight is 412 g/mol. The molecule has 2 aromatic carbocycles. The highest BCUT2D eigenvalue weighted by atomic mass is 16.1. The highest BCUT2D eigenvalue weighted by molar-refractivity contribution is 6.03. The van der Waals surface area contributed by atoms with Crippen molar-refractivity contribution in [2.24, 2.45) is 9.98 Å². The van der Waals surface area contributed by atoms with Crippen molar-refractivity contribution in [1.29, 1.82) is 5.26 Å². The third-order valence-corrected chi connectivity index (χ3v) is 4.85. The Balaban J connectivity index is 2.35. The van der Waals surface area contributed by atoms with E-state index in [-0.39, 0.29) is 5.56 Å². The fourth-order valence-corrected chi connectivity index (χ4v) is 3.26. The first-order valence-electron chi connectivity index (χ1n) is 10.0. The molecule has 6 heteroatoms. The van der Waals surface area contributed by atoms with Gasteiger partial charge in [-0.1, -0.05) is 31.2 Å². The summed E-state index contributed by atoms with van der Waals surface area (Å²) in [6.45, 7) is 2.00. The van der Waals surface area contributed by atoms with Crippen LogP contribution < -0.4 is 10.5 Å². The minimum atomic E-state index is -0.211. The van der Waals surface area contributed by atoms with Gasteiger partial charge in [-0.05, 0) is 36.8 Å². The summed E-state index contributed by atoms with van der Waals surface area (Å²) in [5.41, 5.74) is 3.65. The highest BCUT2D eigenvalue weighted by Crippen LogP contribution is 2.23. The zero-order valence-corrected chi connectivity index (χ0v) is 18.2. The molecule has 0 atom stereocenters. The Morgan fingerprint density at radius 1 is 1.13 bits per heavy atom. The van der Waals surface area contributed by atoms with Gasteiger partial charge in [0.25, 0.3) is 5.56 Å². The summed E-state index contributed by atoms with van der Waals surface area (Å²) in [7, 11) is 5.58. The number of amidine groups is 1. The van der Waals surface area contributed by atoms with Crippen LogP contribution >= 0.6 is 0 Å². The predicted molar refractivity (Wildman–Crippen MR) is 128 cm³/mol. The molecule has 0 bridgehead atoms. The van der Waals surface area contributed by atoms with Gasteiger partial charge in [0.15, 0.2) is 5.84 Å². The molecule has 3 rings (SSSR count). The van der Waals surface area contributed by atoms with E-state index in [1.165, 1.54) is 0 Å². The maximum absolute atomic E-state index is 13.6. The van der Waals surface area contributed by atoms with Gasteiger partial charge in [-0.15, -0.1) is 0 Å². The van der Waals surface area contributed by atoms with Crippen molar-refractivity contribution in [2.75, 3.05) is 26.0 Å². The van der Waals surface area contributed by atoms with Crippen LogP contribution in [-0.4, -0.2) is 37.8 Å². The number of hydrogen-bond acceptors (Lipinski definition) is 4. The van der Waals surface area contributed by atoms with E-state index in [1.807, 2.05) is 56.3 Å². The third kappa shape index (κ3) is 4.62. The number of anilines is 1. The van der Waals surface area contributed by atoms with Crippen molar-refractivity contribution < 1.29 is 0 Å². The van der Waals surface area contributed by atoms with Crippen molar-refractivity contribution in [3.05, 3.63) is 82.3 Å². The molecule has 1 heterocycles. The van der Waals surface area contributed by atoms with Gasteiger partial charge in [0, 0.05) is 55.9 Å². The molecule has 6 nitrogen and oxygen atoms in total. The van der Waals surface area contributed by atoms with Crippen molar-refractivity contribution in [1.82, 2.24) is 4.57 Å². The summed E-state index contributed by atoms with van der Waals surface area (Å²) in [4.78, 5) is 24.3. The quantitative estimate of drug-likeness (QED) is 0.464. The van der Waals surface area contributed by atoms with Gasteiger partial charge < -0.3 is 4.90 Å². The predicted octanol–water partition coefficient (Wildman–Crippen LogP) is 4.30. The Morgan fingerprint density at radius 2 is 1.90 bits per heavy atom. The van der Waals surface area contributed by atoms with Crippen LogP contribution in [0.4, 0.5) is 5.69 Å². The molecule has 0 unspecified atom stereocenters. The second-order valence-corrected chi connectivity index (χ2v) is 7.16. The van der Waals surface area contributed by atoms with Crippen LogP contribution in [0, 0.1) is 11.3 Å². The van der Waals surface area contributed by atoms with Crippen molar-refractivity contribution in [3.63, 3.8) is 0 Å². The molecule has 0 fully saturated rings. The molecule has 1 aromatic heterocycles. The Morgan fingerprint density at radius 3 is 2.58 bits per heavy atom. The molecule has 0 aliphatic heterocycles. The van der Waals surface area contributed by atoms with Crippen molar-refractivity contribution >= 4 is 17.7 Å². The lowest BCUT2D eigenvalue weighted by atomic mass is 10.00. The Kier molecular flexibility index (Phi) is 6.78. The number of nitrogens with zero attached hydrogens (tertiary/aromatic N) is 5. The lowest BCUT2D eigenvalue weighted by molar-refractivity contribution is 0.984. The molecule has 0 saturated heterocycles. The number of pyridine rings is 1. The van der Waals surface area contributed by atoms with Crippen molar-refractivity contribution in [2.45, 2.75) is 13.3 Å². The summed E-state index contributed by atoms with van der Waals surface area (Å²) in [5, 5.41) is 9.58. The smallest absolute Gasteiger partial charge is 0.263 e. The second-order valence-electron chi connectivity index (χ2n) is 7.16. The molecule has 156 valence electrons. The standard InChI is InChI=1S/C25H25N5O/c1-5-13-28-24(27-2)19-14-23(22-12-7-6-9-18(22)16-26)25(31)30(17-19)21-11-8-10-20(15-21)29(3)4/h6-15,17H,5H2,1-4H3. The van der Waals surface area contributed by atoms with E-state index in [4.69, 9.17) is 0 Å². The molecule has 0 N–H and O–H groups in total. The number of aliphatic imine (C=N–C) groups is 2. The largest absolute Gasteiger partial charge is 0.378 e. The average Bonchev–Trinajstić information content (AvgIpc) is 2.80. The van der Waals surface area contributed by atoms with Gasteiger partial charge in [-0.3, -0.25) is 14.4 Å². The Bertz CT molecular complexity index is 1250. The zero-order chi connectivity index (χ0) is 22.4. The van der Waals surface area contributed by atoms with E-state index < -0.39 is 0 Å². The summed E-state index contributed by atoms with van der Waals surface area (Å²) < 4.78 is 1.60. The molecule has 0 aliphatic carbocycles. The number of aromatic nitrogens is 1. The third-order valence-electron chi connectivity index (χ3n) is 4.85. The van der Waals surface area contributed by atoms with Crippen LogP contribution in [0.3, 0.4) is 0 Å². The summed E-state index contributed by atoms with van der Waals surface area (Å²) >= 11 is 0. The topological polar surface area (TPSA) is 73.7 Å². The molecule has 0 aliphatic rings. The Hall–Kier alpha value is -3.98. The number of rotatable bonds is 5. The van der Waals surface area contributed by atoms with Gasteiger partial charge in [0.2, 0.25) is 0 Å². The van der Waals surface area contributed by atoms with Gasteiger partial charge in [-0.2, -0.15) is 5.26 Å². The minimum Gasteiger partial charge on any atom is -0.378 e. The fraction of sp³-hybridized carbons (Fsp3) is 0.200. The number of benzene rings is 2. The van der Waals surface area contributed by atoms with Gasteiger partial charge in [-0.25, -0.2) is 4.99 Å². The molecule has 0 saturated carbocycles. The molecule has 31 heavy (non-hydrogen) atoms. The first-order valence-corrected chi connectivity index (χ1v) is 10.0. The van der Waals surface area contributed by atoms with Crippen molar-refractivity contribution in [3.8, 4) is 22.9 Å². The summed E-state index contributed by atoms with van der Waals surface area (Å²) in [5.74, 6) is 0.523. The van der Waals surface area contributed by atoms with E-state index in [1.54, 1.807) is 48.3 Å². The van der Waals surface area contributed by atoms with E-state index in [2.05, 4.69) is 16.1 Å². The van der Waals surface area contributed by atoms with Gasteiger partial charge in [0.1, 0.15) is 0 Å². The van der Waals surface area contributed by atoms with Crippen LogP contribution in [-0.2, 0) is 0 Å². The highest BCUT2D eigenvalue weighted by Gasteiger charge is 2.16. The second kappa shape index (κ2) is 9.68. The molecular formula is C25H25N5O. The molecular weight excluding hydrogens is 386 g/mol. The molecule has 0 amide bonds. The number of nitriles is 1. The van der Waals surface area contributed by atoms with E-state index >= 15 is 0 Å². The van der Waals surface area contributed by atoms with Gasteiger partial charge in [0.05, 0.1) is 17.3 Å². The summed E-state index contributed by atoms with van der Waals surface area (Å²) in [6.07, 6.45) is 4.31. The minimum absolute atomic E-state index is 0.211. The van der Waals surface area contributed by atoms with E-state index in [0.717, 1.165) is 17.8 Å². The monoisotopic (exact) mass is 411 g/mol. The fourth-order valence-electron chi connectivity index (χ4n) is 3.26. The number of hydrogen-bond donors (Lipinski definition) is 0. The van der Waals surface area contributed by atoms with Crippen LogP contribution in [0.5, 0.6) is 0 Å². The lowest BCUT2D eigenvalue weighted by Crippen LogP contribution is -2.22. The van der Waals surface area contributed by atoms with Crippen LogP contribution in [0.15, 0.2) is 75.6 Å². The van der Waals surface area contributed by atoms with Crippen LogP contribution in [0.1, 0.15) is 24.5 Å². The first-order chi connectivity index (χ1) is 15.0. The lowest BCUT2D eigenvalue weighted by Gasteiger charge is -2.16. The molecule has 0 radical (unpaired) electrons. The van der Waals surface area contributed by atoms with E-state index in [0.29, 0.717) is 28.1 Å². The molecule has 0 spiro atoms. The SMILES string of the molecule is CCC=NC(=NC)c1cc(-c2ccccc2C#N)c(=O)n(-c2cccc(N(C)C)c2)c1.